The van der Waals surface area contributed by atoms with Gasteiger partial charge in [-0.25, -0.2) is 9.69 Å². The molecule has 164 valence electrons. The molecule has 0 radical (unpaired) electrons. The average molecular weight is 449 g/mol. The maximum Gasteiger partial charge on any atom is 0.326 e. The number of carbonyl (C=O) groups excluding carboxylic acids is 3. The highest BCUT2D eigenvalue weighted by atomic mass is 32.1. The molecule has 2 fully saturated rings. The Labute approximate surface area is 190 Å². The molecule has 1 aromatic heterocycles. The van der Waals surface area contributed by atoms with Gasteiger partial charge in [0.25, 0.3) is 11.8 Å². The second kappa shape index (κ2) is 8.03. The summed E-state index contributed by atoms with van der Waals surface area (Å²) in [5.41, 5.74) is -0.332. The first-order valence-corrected chi connectivity index (χ1v) is 11.5. The predicted octanol–water partition coefficient (Wildman–Crippen LogP) is 3.08. The number of benzene rings is 2. The Balaban J connectivity index is 1.27. The van der Waals surface area contributed by atoms with Crippen molar-refractivity contribution in [1.82, 2.24) is 20.0 Å². The van der Waals surface area contributed by atoms with Gasteiger partial charge in [0.2, 0.25) is 0 Å². The van der Waals surface area contributed by atoms with Crippen molar-refractivity contribution in [2.45, 2.75) is 12.5 Å². The largest absolute Gasteiger partial charge is 0.335 e. The molecule has 0 unspecified atom stereocenters. The maximum atomic E-state index is 13.3. The Bertz CT molecular complexity index is 1190. The molecule has 2 aliphatic rings. The summed E-state index contributed by atoms with van der Waals surface area (Å²) >= 11 is 1.44. The second-order valence-electron chi connectivity index (χ2n) is 8.38. The van der Waals surface area contributed by atoms with Crippen molar-refractivity contribution in [3.63, 3.8) is 0 Å². The summed E-state index contributed by atoms with van der Waals surface area (Å²) in [7, 11) is 0. The molecule has 0 aliphatic carbocycles. The van der Waals surface area contributed by atoms with Crippen LogP contribution in [0.3, 0.4) is 0 Å². The van der Waals surface area contributed by atoms with Crippen LogP contribution in [-0.4, -0.2) is 65.4 Å². The van der Waals surface area contributed by atoms with Crippen molar-refractivity contribution < 1.29 is 14.4 Å². The van der Waals surface area contributed by atoms with Crippen LogP contribution in [0.2, 0.25) is 0 Å². The molecule has 32 heavy (non-hydrogen) atoms. The third kappa shape index (κ3) is 3.55. The van der Waals surface area contributed by atoms with Crippen LogP contribution in [0.5, 0.6) is 0 Å². The van der Waals surface area contributed by atoms with Gasteiger partial charge in [-0.05, 0) is 40.8 Å². The van der Waals surface area contributed by atoms with Crippen molar-refractivity contribution in [2.24, 2.45) is 0 Å². The van der Waals surface area contributed by atoms with Crippen LogP contribution in [0.25, 0.3) is 10.8 Å². The number of hydrogen-bond donors (Lipinski definition) is 1. The highest BCUT2D eigenvalue weighted by molar-refractivity contribution is 7.12. The van der Waals surface area contributed by atoms with Crippen molar-refractivity contribution in [1.29, 1.82) is 0 Å². The quantitative estimate of drug-likeness (QED) is 0.623. The third-order valence-corrected chi connectivity index (χ3v) is 7.19. The van der Waals surface area contributed by atoms with Gasteiger partial charge < -0.3 is 10.2 Å². The molecule has 2 saturated heterocycles. The Hall–Kier alpha value is -3.23. The molecule has 2 aliphatic heterocycles. The normalized spacial score (nSPS) is 21.9. The fraction of sp³-hybridized carbons (Fsp3) is 0.292. The zero-order chi connectivity index (χ0) is 22.3. The van der Waals surface area contributed by atoms with Crippen LogP contribution in [0.1, 0.15) is 22.2 Å². The van der Waals surface area contributed by atoms with E-state index in [1.54, 1.807) is 6.92 Å². The fourth-order valence-electron chi connectivity index (χ4n) is 4.37. The lowest BCUT2D eigenvalue weighted by Crippen LogP contribution is -2.52. The van der Waals surface area contributed by atoms with Crippen LogP contribution in [0.15, 0.2) is 60.0 Å². The van der Waals surface area contributed by atoms with Gasteiger partial charge in [0, 0.05) is 26.2 Å². The standard InChI is InChI=1S/C24H24N4O3S/c1-24(19-9-8-17-5-2-3-6-18(17)15-19)22(30)28(23(31)25-24)16-26-10-12-27(13-11-26)21(29)20-7-4-14-32-20/h2-9,14-15H,10-13,16H2,1H3,(H,25,31)/t24-/m0/s1. The predicted molar refractivity (Wildman–Crippen MR) is 123 cm³/mol. The molecule has 1 atom stereocenters. The molecule has 8 heteroatoms. The lowest BCUT2D eigenvalue weighted by molar-refractivity contribution is -0.132. The number of carbonyl (C=O) groups is 3. The van der Waals surface area contributed by atoms with Crippen LogP contribution in [0, 0.1) is 0 Å². The molecule has 0 spiro atoms. The van der Waals surface area contributed by atoms with E-state index in [1.165, 1.54) is 16.2 Å². The zero-order valence-electron chi connectivity index (χ0n) is 17.8. The SMILES string of the molecule is C[C@@]1(c2ccc3ccccc3c2)NC(=O)N(CN2CCN(C(=O)c3cccs3)CC2)C1=O. The highest BCUT2D eigenvalue weighted by Crippen LogP contribution is 2.31. The summed E-state index contributed by atoms with van der Waals surface area (Å²) in [6.45, 7) is 4.34. The number of nitrogens with zero attached hydrogens (tertiary/aromatic N) is 3. The van der Waals surface area contributed by atoms with Crippen molar-refractivity contribution >= 4 is 40.0 Å². The summed E-state index contributed by atoms with van der Waals surface area (Å²) in [5.74, 6) is -0.214. The van der Waals surface area contributed by atoms with Gasteiger partial charge in [0.15, 0.2) is 0 Å². The van der Waals surface area contributed by atoms with Crippen LogP contribution >= 0.6 is 11.3 Å². The van der Waals surface area contributed by atoms with Crippen LogP contribution < -0.4 is 5.32 Å². The zero-order valence-corrected chi connectivity index (χ0v) is 18.6. The van der Waals surface area contributed by atoms with Gasteiger partial charge in [0.05, 0.1) is 11.5 Å². The lowest BCUT2D eigenvalue weighted by atomic mass is 9.90. The van der Waals surface area contributed by atoms with Gasteiger partial charge >= 0.3 is 6.03 Å². The molecular formula is C24H24N4O3S. The molecule has 5 rings (SSSR count). The molecule has 7 nitrogen and oxygen atoms in total. The van der Waals surface area contributed by atoms with Gasteiger partial charge in [-0.2, -0.15) is 0 Å². The number of hydrogen-bond acceptors (Lipinski definition) is 5. The molecule has 0 bridgehead atoms. The smallest absolute Gasteiger partial charge is 0.326 e. The minimum Gasteiger partial charge on any atom is -0.335 e. The maximum absolute atomic E-state index is 13.3. The van der Waals surface area contributed by atoms with E-state index in [4.69, 9.17) is 0 Å². The van der Waals surface area contributed by atoms with Gasteiger partial charge in [-0.3, -0.25) is 14.5 Å². The first-order chi connectivity index (χ1) is 15.5. The average Bonchev–Trinajstić information content (AvgIpc) is 3.43. The van der Waals surface area contributed by atoms with Gasteiger partial charge in [-0.15, -0.1) is 11.3 Å². The van der Waals surface area contributed by atoms with Crippen LogP contribution in [0.4, 0.5) is 4.79 Å². The van der Waals surface area contributed by atoms with Crippen molar-refractivity contribution in [2.75, 3.05) is 32.8 Å². The first kappa shape index (κ1) is 20.7. The minimum atomic E-state index is -1.10. The monoisotopic (exact) mass is 448 g/mol. The Morgan fingerprint density at radius 1 is 1.00 bits per heavy atom. The van der Waals surface area contributed by atoms with E-state index in [9.17, 15) is 14.4 Å². The Morgan fingerprint density at radius 3 is 2.47 bits per heavy atom. The topological polar surface area (TPSA) is 73.0 Å². The Kier molecular flexibility index (Phi) is 5.19. The second-order valence-corrected chi connectivity index (χ2v) is 9.33. The number of urea groups is 1. The first-order valence-electron chi connectivity index (χ1n) is 10.6. The van der Waals surface area contributed by atoms with E-state index in [1.807, 2.05) is 69.8 Å². The van der Waals surface area contributed by atoms with E-state index >= 15 is 0 Å². The Morgan fingerprint density at radius 2 is 1.75 bits per heavy atom. The fourth-order valence-corrected chi connectivity index (χ4v) is 5.06. The molecule has 4 amide bonds. The number of fused-ring (bicyclic) bond motifs is 1. The number of nitrogens with one attached hydrogen (secondary N) is 1. The van der Waals surface area contributed by atoms with E-state index in [-0.39, 0.29) is 24.5 Å². The van der Waals surface area contributed by atoms with Crippen molar-refractivity contribution in [3.8, 4) is 0 Å². The van der Waals surface area contributed by atoms with Gasteiger partial charge in [-0.1, -0.05) is 42.5 Å². The van der Waals surface area contributed by atoms with E-state index in [2.05, 4.69) is 5.32 Å². The summed E-state index contributed by atoms with van der Waals surface area (Å²) in [6.07, 6.45) is 0. The number of piperazine rings is 1. The molecular weight excluding hydrogens is 424 g/mol. The highest BCUT2D eigenvalue weighted by Gasteiger charge is 2.49. The molecule has 1 N–H and O–H groups in total. The summed E-state index contributed by atoms with van der Waals surface area (Å²) in [5, 5.41) is 6.90. The number of rotatable bonds is 4. The minimum absolute atomic E-state index is 0.0403. The lowest BCUT2D eigenvalue weighted by Gasteiger charge is -2.35. The molecule has 0 saturated carbocycles. The molecule has 3 aromatic rings. The van der Waals surface area contributed by atoms with Crippen molar-refractivity contribution in [3.05, 3.63) is 70.4 Å². The molecule has 2 aromatic carbocycles. The number of thiophene rings is 1. The van der Waals surface area contributed by atoms with E-state index in [0.717, 1.165) is 21.2 Å². The third-order valence-electron chi connectivity index (χ3n) is 6.33. The summed E-state index contributed by atoms with van der Waals surface area (Å²) in [4.78, 5) is 44.5. The van der Waals surface area contributed by atoms with E-state index in [0.29, 0.717) is 26.2 Å². The summed E-state index contributed by atoms with van der Waals surface area (Å²) in [6, 6.07) is 17.1. The van der Waals surface area contributed by atoms with Crippen LogP contribution in [-0.2, 0) is 10.3 Å². The van der Waals surface area contributed by atoms with Gasteiger partial charge in [0.1, 0.15) is 5.54 Å². The van der Waals surface area contributed by atoms with E-state index < -0.39 is 5.54 Å². The number of amides is 4. The number of imide groups is 1. The summed E-state index contributed by atoms with van der Waals surface area (Å²) < 4.78 is 0. The molecule has 3 heterocycles.